The minimum atomic E-state index is -3.50. The number of ketones is 2. The molecule has 1 N–H and O–H groups in total. The Kier molecular flexibility index (Phi) is 5.47. The van der Waals surface area contributed by atoms with Gasteiger partial charge in [0.05, 0.1) is 0 Å². The molecular formula is C32H42F2N2O4. The van der Waals surface area contributed by atoms with E-state index in [0.717, 1.165) is 24.8 Å². The highest BCUT2D eigenvalue weighted by molar-refractivity contribution is 5.99. The minimum absolute atomic E-state index is 0.0195. The van der Waals surface area contributed by atoms with Gasteiger partial charge in [-0.15, -0.1) is 0 Å². The third kappa shape index (κ3) is 3.19. The van der Waals surface area contributed by atoms with Crippen LogP contribution in [0.1, 0.15) is 93.4 Å². The van der Waals surface area contributed by atoms with Crippen LogP contribution in [-0.4, -0.2) is 40.6 Å². The zero-order chi connectivity index (χ0) is 29.5. The summed E-state index contributed by atoms with van der Waals surface area (Å²) in [5, 5.41) is 12.8. The lowest BCUT2D eigenvalue weighted by Crippen LogP contribution is -2.70. The number of hydrogen-bond acceptors (Lipinski definition) is 5. The second kappa shape index (κ2) is 7.82. The summed E-state index contributed by atoms with van der Waals surface area (Å²) in [7, 11) is 0. The normalized spacial score (nSPS) is 50.6. The molecule has 10 unspecified atom stereocenters. The fourth-order valence-electron chi connectivity index (χ4n) is 10.6. The second-order valence-electron chi connectivity index (χ2n) is 15.6. The van der Waals surface area contributed by atoms with E-state index in [1.807, 2.05) is 6.92 Å². The summed E-state index contributed by atoms with van der Waals surface area (Å²) in [6.07, 6.45) is 5.99. The standard InChI is InChI=1S/C32H42F2N2O4/c1-17-18-8-9-27(4)21(29(18,6)24-32(16-35,40-24)23(17)38)14-20(37)22-19-15-26(2,3)10-12-31(19,13-11-28(22,27)5)36-25(39)30(7,33)34/h14,17-19,22,24H,8-13,15H2,1-7H3,(H,36,39). The third-order valence-electron chi connectivity index (χ3n) is 13.1. The van der Waals surface area contributed by atoms with Gasteiger partial charge in [0.2, 0.25) is 5.60 Å². The Hall–Kier alpha value is -2.14. The molecule has 0 aromatic carbocycles. The van der Waals surface area contributed by atoms with Gasteiger partial charge in [0, 0.05) is 29.7 Å². The van der Waals surface area contributed by atoms with E-state index in [1.165, 1.54) is 0 Å². The Labute approximate surface area is 235 Å². The van der Waals surface area contributed by atoms with Crippen molar-refractivity contribution in [3.05, 3.63) is 11.6 Å². The number of halogens is 2. The Morgan fingerprint density at radius 2 is 1.73 bits per heavy atom. The van der Waals surface area contributed by atoms with Crippen molar-refractivity contribution in [2.75, 3.05) is 0 Å². The Morgan fingerprint density at radius 3 is 2.35 bits per heavy atom. The van der Waals surface area contributed by atoms with E-state index >= 15 is 0 Å². The predicted octanol–water partition coefficient (Wildman–Crippen LogP) is 5.55. The number of allylic oxidation sites excluding steroid dienone is 1. The minimum Gasteiger partial charge on any atom is -0.345 e. The number of amides is 1. The summed E-state index contributed by atoms with van der Waals surface area (Å²) in [4.78, 5) is 40.3. The van der Waals surface area contributed by atoms with Crippen LogP contribution in [0.25, 0.3) is 0 Å². The van der Waals surface area contributed by atoms with Crippen LogP contribution in [0.2, 0.25) is 0 Å². The maximum Gasteiger partial charge on any atom is 0.321 e. The van der Waals surface area contributed by atoms with Crippen molar-refractivity contribution in [3.63, 3.8) is 0 Å². The molecule has 218 valence electrons. The van der Waals surface area contributed by atoms with Gasteiger partial charge in [-0.05, 0) is 79.1 Å². The van der Waals surface area contributed by atoms with Gasteiger partial charge < -0.3 is 10.1 Å². The number of nitrogens with zero attached hydrogens (tertiary/aromatic N) is 1. The zero-order valence-electron chi connectivity index (χ0n) is 24.7. The smallest absolute Gasteiger partial charge is 0.321 e. The average Bonchev–Trinajstić information content (AvgIpc) is 3.62. The van der Waals surface area contributed by atoms with Crippen LogP contribution in [0, 0.1) is 56.7 Å². The van der Waals surface area contributed by atoms with E-state index < -0.39 is 51.2 Å². The number of fused-ring (bicyclic) bond motifs is 9. The molecule has 1 heterocycles. The van der Waals surface area contributed by atoms with Gasteiger partial charge >= 0.3 is 5.92 Å². The van der Waals surface area contributed by atoms with Crippen LogP contribution in [0.5, 0.6) is 0 Å². The summed E-state index contributed by atoms with van der Waals surface area (Å²) >= 11 is 0. The van der Waals surface area contributed by atoms with Gasteiger partial charge in [-0.1, -0.05) is 47.1 Å². The van der Waals surface area contributed by atoms with Crippen molar-refractivity contribution in [1.82, 2.24) is 5.32 Å². The molecule has 0 aromatic heterocycles. The highest BCUT2D eigenvalue weighted by Gasteiger charge is 2.80. The number of nitriles is 1. The summed E-state index contributed by atoms with van der Waals surface area (Å²) < 4.78 is 34.3. The second-order valence-corrected chi connectivity index (χ2v) is 15.6. The Balaban J connectivity index is 1.47. The highest BCUT2D eigenvalue weighted by Crippen LogP contribution is 2.75. The van der Waals surface area contributed by atoms with E-state index in [9.17, 15) is 28.4 Å². The molecule has 6 aliphatic rings. The molecule has 0 bridgehead atoms. The summed E-state index contributed by atoms with van der Waals surface area (Å²) in [6.45, 7) is 13.4. The summed E-state index contributed by atoms with van der Waals surface area (Å²) in [6, 6.07) is 2.17. The van der Waals surface area contributed by atoms with Crippen molar-refractivity contribution >= 4 is 17.5 Å². The number of alkyl halides is 2. The molecule has 5 aliphatic carbocycles. The van der Waals surface area contributed by atoms with E-state index in [-0.39, 0.29) is 34.7 Å². The fourth-order valence-corrected chi connectivity index (χ4v) is 10.6. The molecule has 0 aromatic rings. The third-order valence-corrected chi connectivity index (χ3v) is 13.1. The quantitative estimate of drug-likeness (QED) is 0.450. The molecule has 10 atom stereocenters. The molecule has 0 spiro atoms. The van der Waals surface area contributed by atoms with E-state index in [0.29, 0.717) is 32.6 Å². The van der Waals surface area contributed by atoms with Gasteiger partial charge in [0.1, 0.15) is 12.2 Å². The number of ether oxygens (including phenoxy) is 1. The van der Waals surface area contributed by atoms with E-state index in [1.54, 1.807) is 6.08 Å². The van der Waals surface area contributed by atoms with Crippen molar-refractivity contribution in [1.29, 1.82) is 5.26 Å². The van der Waals surface area contributed by atoms with Crippen LogP contribution in [0.15, 0.2) is 11.6 Å². The van der Waals surface area contributed by atoms with Gasteiger partial charge in [0.15, 0.2) is 11.6 Å². The van der Waals surface area contributed by atoms with Crippen molar-refractivity contribution in [3.8, 4) is 6.07 Å². The van der Waals surface area contributed by atoms with Crippen LogP contribution in [-0.2, 0) is 19.1 Å². The fraction of sp³-hybridized carbons (Fsp3) is 0.812. The number of rotatable bonds is 2. The Bertz CT molecular complexity index is 1300. The van der Waals surface area contributed by atoms with E-state index in [2.05, 4.69) is 46.0 Å². The number of epoxide rings is 1. The summed E-state index contributed by atoms with van der Waals surface area (Å²) in [5.74, 6) is -5.99. The van der Waals surface area contributed by atoms with Gasteiger partial charge in [-0.25, -0.2) is 0 Å². The largest absolute Gasteiger partial charge is 0.345 e. The van der Waals surface area contributed by atoms with Crippen LogP contribution in [0.4, 0.5) is 8.78 Å². The first kappa shape index (κ1) is 28.0. The monoisotopic (exact) mass is 556 g/mol. The topological polar surface area (TPSA) is 99.6 Å². The number of carbonyl (C=O) groups excluding carboxylic acids is 3. The molecule has 5 fully saturated rings. The molecule has 4 saturated carbocycles. The van der Waals surface area contributed by atoms with Crippen molar-refractivity contribution in [2.45, 2.75) is 117 Å². The maximum absolute atomic E-state index is 14.4. The van der Waals surface area contributed by atoms with Crippen molar-refractivity contribution < 1.29 is 27.9 Å². The molecule has 6 nitrogen and oxygen atoms in total. The molecule has 6 rings (SSSR count). The molecular weight excluding hydrogens is 514 g/mol. The van der Waals surface area contributed by atoms with Crippen LogP contribution >= 0.6 is 0 Å². The molecule has 1 saturated heterocycles. The predicted molar refractivity (Wildman–Crippen MR) is 143 cm³/mol. The van der Waals surface area contributed by atoms with Gasteiger partial charge in [0.25, 0.3) is 5.91 Å². The van der Waals surface area contributed by atoms with Gasteiger partial charge in [-0.3, -0.25) is 14.4 Å². The molecule has 1 aliphatic heterocycles. The number of Topliss-reactive ketones (excluding diaryl/α,β-unsaturated/α-hetero) is 1. The van der Waals surface area contributed by atoms with Crippen molar-refractivity contribution in [2.24, 2.45) is 45.3 Å². The number of carbonyl (C=O) groups is 3. The lowest BCUT2D eigenvalue weighted by atomic mass is 9.35. The highest BCUT2D eigenvalue weighted by atomic mass is 19.3. The molecule has 40 heavy (non-hydrogen) atoms. The number of hydrogen-bond donors (Lipinski definition) is 1. The van der Waals surface area contributed by atoms with Gasteiger partial charge in [-0.2, -0.15) is 14.0 Å². The first-order valence-electron chi connectivity index (χ1n) is 14.9. The lowest BCUT2D eigenvalue weighted by molar-refractivity contribution is -0.169. The van der Waals surface area contributed by atoms with E-state index in [4.69, 9.17) is 4.74 Å². The molecule has 8 heteroatoms. The van der Waals surface area contributed by atoms with Crippen LogP contribution < -0.4 is 5.32 Å². The molecule has 1 amide bonds. The number of nitrogens with one attached hydrogen (secondary N) is 1. The van der Waals surface area contributed by atoms with Crippen LogP contribution in [0.3, 0.4) is 0 Å². The lowest BCUT2D eigenvalue weighted by Gasteiger charge is -2.69. The zero-order valence-corrected chi connectivity index (χ0v) is 24.7. The average molecular weight is 557 g/mol. The Morgan fingerprint density at radius 1 is 1.07 bits per heavy atom. The maximum atomic E-state index is 14.4. The molecule has 0 radical (unpaired) electrons. The first-order chi connectivity index (χ1) is 18.3. The SMILES string of the molecule is CC1C(=O)C2(C#N)OC2C2(C)C3=CC(=O)C4C5CC(C)(C)CCC5(NC(=O)C(C)(F)F)CCC4(C)C3(C)CCC12. The first-order valence-corrected chi connectivity index (χ1v) is 14.9. The summed E-state index contributed by atoms with van der Waals surface area (Å²) in [5.41, 5.74) is -2.89.